The number of rotatable bonds is 7. The maximum atomic E-state index is 12.1. The van der Waals surface area contributed by atoms with Crippen LogP contribution in [0.3, 0.4) is 0 Å². The van der Waals surface area contributed by atoms with Gasteiger partial charge in [0.05, 0.1) is 12.7 Å². The van der Waals surface area contributed by atoms with Crippen molar-refractivity contribution >= 4 is 35.5 Å². The number of hydrogen-bond acceptors (Lipinski definition) is 5. The van der Waals surface area contributed by atoms with Gasteiger partial charge in [0.15, 0.2) is 6.61 Å². The zero-order valence-electron chi connectivity index (χ0n) is 15.6. The Bertz CT molecular complexity index is 859. The van der Waals surface area contributed by atoms with Crippen LogP contribution in [0.4, 0.5) is 0 Å². The van der Waals surface area contributed by atoms with E-state index in [1.165, 1.54) is 24.2 Å². The third kappa shape index (κ3) is 6.55. The van der Waals surface area contributed by atoms with Gasteiger partial charge in [-0.3, -0.25) is 4.79 Å². The molecule has 0 atom stereocenters. The molecular weight excluding hydrogens is 382 g/mol. The summed E-state index contributed by atoms with van der Waals surface area (Å²) < 4.78 is 9.59. The largest absolute Gasteiger partial charge is 0.465 e. The summed E-state index contributed by atoms with van der Waals surface area (Å²) in [5.74, 6) is -1.39. The molecule has 7 heteroatoms. The summed E-state index contributed by atoms with van der Waals surface area (Å²) in [4.78, 5) is 36.7. The molecule has 2 aromatic rings. The number of methoxy groups -OCH3 is 1. The lowest BCUT2D eigenvalue weighted by Gasteiger charge is -2.17. The van der Waals surface area contributed by atoms with Crippen LogP contribution in [0.1, 0.15) is 21.5 Å². The molecule has 0 aromatic heterocycles. The Hall–Kier alpha value is -3.12. The lowest BCUT2D eigenvalue weighted by Crippen LogP contribution is -2.30. The number of likely N-dealkylation sites (N-methyl/N-ethyl adjacent to an activating group) is 1. The molecule has 0 saturated carbocycles. The first-order chi connectivity index (χ1) is 13.4. The second kappa shape index (κ2) is 10.3. The fourth-order valence-corrected chi connectivity index (χ4v) is 2.38. The highest BCUT2D eigenvalue weighted by atomic mass is 35.5. The molecule has 2 rings (SSSR count). The monoisotopic (exact) mass is 401 g/mol. The van der Waals surface area contributed by atoms with Crippen LogP contribution in [0.5, 0.6) is 0 Å². The van der Waals surface area contributed by atoms with E-state index in [0.717, 1.165) is 5.56 Å². The van der Waals surface area contributed by atoms with Crippen molar-refractivity contribution in [2.24, 2.45) is 0 Å². The number of hydrogen-bond donors (Lipinski definition) is 0. The zero-order valence-corrected chi connectivity index (χ0v) is 16.3. The van der Waals surface area contributed by atoms with Gasteiger partial charge in [0.25, 0.3) is 5.91 Å². The second-order valence-corrected chi connectivity index (χ2v) is 6.37. The Kier molecular flexibility index (Phi) is 7.77. The van der Waals surface area contributed by atoms with E-state index >= 15 is 0 Å². The Balaban J connectivity index is 1.80. The summed E-state index contributed by atoms with van der Waals surface area (Å²) in [6.07, 6.45) is 2.75. The Morgan fingerprint density at radius 2 is 1.68 bits per heavy atom. The summed E-state index contributed by atoms with van der Waals surface area (Å²) in [5.41, 5.74) is 2.04. The van der Waals surface area contributed by atoms with Gasteiger partial charge in [-0.2, -0.15) is 0 Å². The lowest BCUT2D eigenvalue weighted by atomic mass is 10.1. The summed E-state index contributed by atoms with van der Waals surface area (Å²) in [5, 5.41) is 0.624. The second-order valence-electron chi connectivity index (χ2n) is 5.93. The van der Waals surface area contributed by atoms with E-state index in [2.05, 4.69) is 4.74 Å². The minimum Gasteiger partial charge on any atom is -0.465 e. The van der Waals surface area contributed by atoms with Crippen molar-refractivity contribution in [3.63, 3.8) is 0 Å². The zero-order chi connectivity index (χ0) is 20.5. The Labute approximate surface area is 168 Å². The molecule has 0 fully saturated rings. The first-order valence-electron chi connectivity index (χ1n) is 8.40. The van der Waals surface area contributed by atoms with Crippen LogP contribution >= 0.6 is 11.6 Å². The number of halogens is 1. The van der Waals surface area contributed by atoms with Gasteiger partial charge in [-0.1, -0.05) is 35.9 Å². The SMILES string of the molecule is COC(=O)c1ccc(/C=C/C(=O)OCC(=O)N(C)Cc2ccc(Cl)cc2)cc1. The molecule has 146 valence electrons. The molecular formula is C21H20ClNO5. The van der Waals surface area contributed by atoms with Crippen LogP contribution in [0.15, 0.2) is 54.6 Å². The van der Waals surface area contributed by atoms with Gasteiger partial charge < -0.3 is 14.4 Å². The number of benzene rings is 2. The fraction of sp³-hybridized carbons (Fsp3) is 0.190. The quantitative estimate of drug-likeness (QED) is 0.525. The topological polar surface area (TPSA) is 72.9 Å². The fourth-order valence-electron chi connectivity index (χ4n) is 2.26. The van der Waals surface area contributed by atoms with E-state index < -0.39 is 11.9 Å². The van der Waals surface area contributed by atoms with E-state index in [1.54, 1.807) is 43.4 Å². The maximum absolute atomic E-state index is 12.1. The number of esters is 2. The number of nitrogens with zero attached hydrogens (tertiary/aromatic N) is 1. The number of carbonyl (C=O) groups is 3. The van der Waals surface area contributed by atoms with Crippen LogP contribution in [0.2, 0.25) is 5.02 Å². The molecule has 2 aromatic carbocycles. The normalized spacial score (nSPS) is 10.5. The molecule has 0 N–H and O–H groups in total. The van der Waals surface area contributed by atoms with Crippen LogP contribution in [-0.2, 0) is 25.6 Å². The Morgan fingerprint density at radius 1 is 1.04 bits per heavy atom. The van der Waals surface area contributed by atoms with Crippen molar-refractivity contribution in [3.8, 4) is 0 Å². The van der Waals surface area contributed by atoms with Crippen LogP contribution in [-0.4, -0.2) is 43.5 Å². The molecule has 0 radical (unpaired) electrons. The minimum absolute atomic E-state index is 0.320. The average Bonchev–Trinajstić information content (AvgIpc) is 2.71. The molecule has 0 saturated heterocycles. The molecule has 0 spiro atoms. The molecule has 28 heavy (non-hydrogen) atoms. The average molecular weight is 402 g/mol. The highest BCUT2D eigenvalue weighted by Crippen LogP contribution is 2.11. The van der Waals surface area contributed by atoms with Crippen molar-refractivity contribution in [2.75, 3.05) is 20.8 Å². The van der Waals surface area contributed by atoms with Gasteiger partial charge in [0.2, 0.25) is 0 Å². The van der Waals surface area contributed by atoms with Crippen molar-refractivity contribution in [1.82, 2.24) is 4.90 Å². The van der Waals surface area contributed by atoms with Crippen molar-refractivity contribution in [3.05, 3.63) is 76.3 Å². The van der Waals surface area contributed by atoms with Crippen LogP contribution in [0.25, 0.3) is 6.08 Å². The van der Waals surface area contributed by atoms with Gasteiger partial charge in [-0.05, 0) is 41.5 Å². The number of ether oxygens (including phenoxy) is 2. The molecule has 0 aliphatic rings. The highest BCUT2D eigenvalue weighted by Gasteiger charge is 2.11. The molecule has 0 bridgehead atoms. The minimum atomic E-state index is -0.634. The third-order valence-corrected chi connectivity index (χ3v) is 4.09. The van der Waals surface area contributed by atoms with Crippen molar-refractivity contribution < 1.29 is 23.9 Å². The van der Waals surface area contributed by atoms with E-state index in [9.17, 15) is 14.4 Å². The standard InChI is InChI=1S/C21H20ClNO5/c1-23(13-16-5-10-18(22)11-6-16)19(24)14-28-20(25)12-7-15-3-8-17(9-4-15)21(26)27-2/h3-12H,13-14H2,1-2H3/b12-7+. The summed E-state index contributed by atoms with van der Waals surface area (Å²) in [7, 11) is 2.93. The van der Waals surface area contributed by atoms with Crippen LogP contribution < -0.4 is 0 Å². The lowest BCUT2D eigenvalue weighted by molar-refractivity contribution is -0.147. The van der Waals surface area contributed by atoms with E-state index in [1.807, 2.05) is 12.1 Å². The van der Waals surface area contributed by atoms with E-state index in [4.69, 9.17) is 16.3 Å². The van der Waals surface area contributed by atoms with Gasteiger partial charge >= 0.3 is 11.9 Å². The van der Waals surface area contributed by atoms with E-state index in [0.29, 0.717) is 22.7 Å². The summed E-state index contributed by atoms with van der Waals surface area (Å²) in [6.45, 7) is 0.0322. The van der Waals surface area contributed by atoms with Crippen molar-refractivity contribution in [1.29, 1.82) is 0 Å². The van der Waals surface area contributed by atoms with Gasteiger partial charge in [-0.15, -0.1) is 0 Å². The predicted molar refractivity (Wildman–Crippen MR) is 106 cm³/mol. The number of amides is 1. The van der Waals surface area contributed by atoms with Gasteiger partial charge in [0, 0.05) is 24.7 Å². The third-order valence-electron chi connectivity index (χ3n) is 3.84. The molecule has 1 amide bonds. The molecule has 6 nitrogen and oxygen atoms in total. The summed E-state index contributed by atoms with van der Waals surface area (Å²) >= 11 is 5.83. The summed E-state index contributed by atoms with van der Waals surface area (Å²) in [6, 6.07) is 13.7. The van der Waals surface area contributed by atoms with Crippen LogP contribution in [0, 0.1) is 0 Å². The predicted octanol–water partition coefficient (Wildman–Crippen LogP) is 3.34. The molecule has 0 heterocycles. The smallest absolute Gasteiger partial charge is 0.337 e. The van der Waals surface area contributed by atoms with Gasteiger partial charge in [-0.25, -0.2) is 9.59 Å². The maximum Gasteiger partial charge on any atom is 0.337 e. The number of carbonyl (C=O) groups excluding carboxylic acids is 3. The highest BCUT2D eigenvalue weighted by molar-refractivity contribution is 6.30. The Morgan fingerprint density at radius 3 is 2.29 bits per heavy atom. The first-order valence-corrected chi connectivity index (χ1v) is 8.78. The molecule has 0 aliphatic carbocycles. The molecule has 0 aliphatic heterocycles. The van der Waals surface area contributed by atoms with Gasteiger partial charge in [0.1, 0.15) is 0 Å². The van der Waals surface area contributed by atoms with E-state index in [-0.39, 0.29) is 12.5 Å². The molecule has 0 unspecified atom stereocenters. The van der Waals surface area contributed by atoms with Crippen molar-refractivity contribution in [2.45, 2.75) is 6.54 Å². The first kappa shape index (κ1) is 21.2.